The first-order valence-corrected chi connectivity index (χ1v) is 5.17. The lowest BCUT2D eigenvalue weighted by molar-refractivity contribution is 0.475. The van der Waals surface area contributed by atoms with Gasteiger partial charge in [0.05, 0.1) is 0 Å². The highest BCUT2D eigenvalue weighted by molar-refractivity contribution is 5.97. The Hall–Kier alpha value is -2.03. The van der Waals surface area contributed by atoms with Crippen LogP contribution in [0.15, 0.2) is 47.6 Å². The molecule has 1 aliphatic rings. The SMILES string of the molecule is CN1CC=CN=C1/C=C/c1cccc(O)c1. The molecule has 82 valence electrons. The molecule has 0 saturated carbocycles. The van der Waals surface area contributed by atoms with Gasteiger partial charge in [0.1, 0.15) is 11.6 Å². The van der Waals surface area contributed by atoms with Crippen LogP contribution in [0.3, 0.4) is 0 Å². The molecule has 0 radical (unpaired) electrons. The summed E-state index contributed by atoms with van der Waals surface area (Å²) in [6.45, 7) is 0.878. The molecule has 0 aromatic heterocycles. The maximum absolute atomic E-state index is 9.32. The van der Waals surface area contributed by atoms with Gasteiger partial charge in [-0.2, -0.15) is 0 Å². The van der Waals surface area contributed by atoms with E-state index < -0.39 is 0 Å². The summed E-state index contributed by atoms with van der Waals surface area (Å²) in [4.78, 5) is 6.32. The first-order valence-electron chi connectivity index (χ1n) is 5.17. The Morgan fingerprint density at radius 2 is 2.25 bits per heavy atom. The monoisotopic (exact) mass is 214 g/mol. The minimum atomic E-state index is 0.279. The van der Waals surface area contributed by atoms with Crippen molar-refractivity contribution in [2.45, 2.75) is 0 Å². The van der Waals surface area contributed by atoms with Crippen LogP contribution < -0.4 is 0 Å². The Bertz CT molecular complexity index is 461. The van der Waals surface area contributed by atoms with E-state index in [2.05, 4.69) is 9.89 Å². The Morgan fingerprint density at radius 3 is 3.00 bits per heavy atom. The average Bonchev–Trinajstić information content (AvgIpc) is 2.28. The molecule has 1 aromatic rings. The molecule has 0 bridgehead atoms. The molecule has 2 rings (SSSR count). The smallest absolute Gasteiger partial charge is 0.128 e. The van der Waals surface area contributed by atoms with E-state index in [9.17, 15) is 5.11 Å². The van der Waals surface area contributed by atoms with Crippen LogP contribution in [0, 0.1) is 0 Å². The summed E-state index contributed by atoms with van der Waals surface area (Å²) < 4.78 is 0. The van der Waals surface area contributed by atoms with E-state index in [4.69, 9.17) is 0 Å². The number of phenolic OH excluding ortho intramolecular Hbond substituents is 1. The number of likely N-dealkylation sites (N-methyl/N-ethyl adjacent to an activating group) is 1. The number of hydrogen-bond donors (Lipinski definition) is 1. The van der Waals surface area contributed by atoms with Gasteiger partial charge in [-0.25, -0.2) is 4.99 Å². The Morgan fingerprint density at radius 1 is 1.38 bits per heavy atom. The van der Waals surface area contributed by atoms with Gasteiger partial charge in [-0.15, -0.1) is 0 Å². The number of amidine groups is 1. The number of aromatic hydroxyl groups is 1. The van der Waals surface area contributed by atoms with Gasteiger partial charge >= 0.3 is 0 Å². The zero-order chi connectivity index (χ0) is 11.4. The fourth-order valence-corrected chi connectivity index (χ4v) is 1.50. The van der Waals surface area contributed by atoms with Crippen LogP contribution >= 0.6 is 0 Å². The molecule has 0 amide bonds. The molecule has 0 unspecified atom stereocenters. The van der Waals surface area contributed by atoms with E-state index in [1.165, 1.54) is 0 Å². The predicted octanol–water partition coefficient (Wildman–Crippen LogP) is 2.26. The second-order valence-electron chi connectivity index (χ2n) is 3.68. The van der Waals surface area contributed by atoms with Gasteiger partial charge in [-0.1, -0.05) is 18.2 Å². The summed E-state index contributed by atoms with van der Waals surface area (Å²) >= 11 is 0. The molecule has 3 heteroatoms. The van der Waals surface area contributed by atoms with Crippen molar-refractivity contribution in [2.24, 2.45) is 4.99 Å². The van der Waals surface area contributed by atoms with Crippen molar-refractivity contribution in [3.05, 3.63) is 48.2 Å². The maximum atomic E-state index is 9.32. The second-order valence-corrected chi connectivity index (χ2v) is 3.68. The van der Waals surface area contributed by atoms with E-state index >= 15 is 0 Å². The molecule has 1 aromatic carbocycles. The number of benzene rings is 1. The third kappa shape index (κ3) is 2.51. The third-order valence-corrected chi connectivity index (χ3v) is 2.38. The molecule has 1 aliphatic heterocycles. The van der Waals surface area contributed by atoms with Crippen LogP contribution in [0.2, 0.25) is 0 Å². The predicted molar refractivity (Wildman–Crippen MR) is 66.3 cm³/mol. The van der Waals surface area contributed by atoms with Crippen molar-refractivity contribution in [1.29, 1.82) is 0 Å². The second kappa shape index (κ2) is 4.66. The van der Waals surface area contributed by atoms with Gasteiger partial charge in [0.2, 0.25) is 0 Å². The zero-order valence-corrected chi connectivity index (χ0v) is 9.17. The summed E-state index contributed by atoms with van der Waals surface area (Å²) in [6, 6.07) is 7.14. The highest BCUT2D eigenvalue weighted by Crippen LogP contribution is 2.12. The zero-order valence-electron chi connectivity index (χ0n) is 9.17. The summed E-state index contributed by atoms with van der Waals surface area (Å²) in [5, 5.41) is 9.32. The van der Waals surface area contributed by atoms with Gasteiger partial charge in [0.25, 0.3) is 0 Å². The van der Waals surface area contributed by atoms with Crippen molar-refractivity contribution >= 4 is 11.9 Å². The lowest BCUT2D eigenvalue weighted by Crippen LogP contribution is -2.26. The first-order chi connectivity index (χ1) is 7.75. The van der Waals surface area contributed by atoms with Crippen molar-refractivity contribution < 1.29 is 5.11 Å². The van der Waals surface area contributed by atoms with Gasteiger partial charge in [0, 0.05) is 19.8 Å². The van der Waals surface area contributed by atoms with Gasteiger partial charge < -0.3 is 10.0 Å². The number of phenols is 1. The highest BCUT2D eigenvalue weighted by atomic mass is 16.3. The molecule has 3 nitrogen and oxygen atoms in total. The van der Waals surface area contributed by atoms with Gasteiger partial charge in [0.15, 0.2) is 0 Å². The maximum Gasteiger partial charge on any atom is 0.128 e. The van der Waals surface area contributed by atoms with Gasteiger partial charge in [-0.3, -0.25) is 0 Å². The molecular weight excluding hydrogens is 200 g/mol. The van der Waals surface area contributed by atoms with Crippen LogP contribution in [0.25, 0.3) is 6.08 Å². The quantitative estimate of drug-likeness (QED) is 0.819. The Kier molecular flexibility index (Phi) is 3.05. The summed E-state index contributed by atoms with van der Waals surface area (Å²) in [5.41, 5.74) is 0.964. The largest absolute Gasteiger partial charge is 0.508 e. The van der Waals surface area contributed by atoms with E-state index in [0.29, 0.717) is 0 Å². The fourth-order valence-electron chi connectivity index (χ4n) is 1.50. The van der Waals surface area contributed by atoms with E-state index in [0.717, 1.165) is 17.9 Å². The van der Waals surface area contributed by atoms with Crippen molar-refractivity contribution in [3.63, 3.8) is 0 Å². The molecule has 0 aliphatic carbocycles. The summed E-state index contributed by atoms with van der Waals surface area (Å²) in [7, 11) is 2.00. The minimum Gasteiger partial charge on any atom is -0.508 e. The summed E-state index contributed by atoms with van der Waals surface area (Å²) in [6.07, 6.45) is 7.69. The molecule has 1 N–H and O–H groups in total. The topological polar surface area (TPSA) is 35.8 Å². The van der Waals surface area contributed by atoms with Crippen molar-refractivity contribution in [3.8, 4) is 5.75 Å². The molecule has 0 fully saturated rings. The third-order valence-electron chi connectivity index (χ3n) is 2.38. The molecule has 0 spiro atoms. The number of hydrogen-bond acceptors (Lipinski definition) is 3. The molecule has 0 saturated heterocycles. The van der Waals surface area contributed by atoms with Crippen molar-refractivity contribution in [2.75, 3.05) is 13.6 Å². The van der Waals surface area contributed by atoms with E-state index in [-0.39, 0.29) is 5.75 Å². The Balaban J connectivity index is 2.15. The number of aliphatic imine (C=N–C) groups is 1. The van der Waals surface area contributed by atoms with Crippen LogP contribution in [-0.2, 0) is 0 Å². The lowest BCUT2D eigenvalue weighted by Gasteiger charge is -2.18. The Labute approximate surface area is 95.1 Å². The molecule has 0 atom stereocenters. The normalized spacial score (nSPS) is 15.6. The van der Waals surface area contributed by atoms with E-state index in [1.54, 1.807) is 12.1 Å². The standard InChI is InChI=1S/C13H14N2O/c1-15-9-3-8-14-13(15)7-6-11-4-2-5-12(16)10-11/h2-8,10,16H,9H2,1H3/b7-6+. The molecule has 16 heavy (non-hydrogen) atoms. The minimum absolute atomic E-state index is 0.279. The first kappa shape index (κ1) is 10.5. The lowest BCUT2D eigenvalue weighted by atomic mass is 10.2. The van der Waals surface area contributed by atoms with Crippen LogP contribution in [0.1, 0.15) is 5.56 Å². The summed E-state index contributed by atoms with van der Waals surface area (Å²) in [5.74, 6) is 1.20. The highest BCUT2D eigenvalue weighted by Gasteiger charge is 2.02. The van der Waals surface area contributed by atoms with Crippen LogP contribution in [0.4, 0.5) is 0 Å². The van der Waals surface area contributed by atoms with Crippen molar-refractivity contribution in [1.82, 2.24) is 4.90 Å². The van der Waals surface area contributed by atoms with E-state index in [1.807, 2.05) is 43.6 Å². The number of rotatable bonds is 2. The fraction of sp³-hybridized carbons (Fsp3) is 0.154. The average molecular weight is 214 g/mol. The van der Waals surface area contributed by atoms with Crippen LogP contribution in [-0.4, -0.2) is 29.4 Å². The molecule has 1 heterocycles. The van der Waals surface area contributed by atoms with Gasteiger partial charge in [-0.05, 0) is 29.8 Å². The molecular formula is C13H14N2O. The number of nitrogens with zero attached hydrogens (tertiary/aromatic N) is 2. The van der Waals surface area contributed by atoms with Crippen LogP contribution in [0.5, 0.6) is 5.75 Å².